The van der Waals surface area contributed by atoms with E-state index in [0.29, 0.717) is 10.6 Å². The number of anilines is 1. The molecule has 2 rings (SSSR count). The first-order valence-electron chi connectivity index (χ1n) is 6.07. The van der Waals surface area contributed by atoms with Gasteiger partial charge in [-0.25, -0.2) is 13.6 Å². The predicted octanol–water partition coefficient (Wildman–Crippen LogP) is 4.02. The van der Waals surface area contributed by atoms with E-state index in [1.807, 2.05) is 0 Å². The van der Waals surface area contributed by atoms with Crippen LogP contribution in [0.15, 0.2) is 36.4 Å². The van der Waals surface area contributed by atoms with Crippen molar-refractivity contribution >= 4 is 23.3 Å². The first kappa shape index (κ1) is 15.3. The number of carbonyl (C=O) groups is 1. The SMILES string of the molecule is COC(=O)c1ccc(CNc2ccc(Cl)cc2F)cc1F. The number of methoxy groups -OCH3 is 1. The van der Waals surface area contributed by atoms with Crippen molar-refractivity contribution in [3.63, 3.8) is 0 Å². The number of hydrogen-bond acceptors (Lipinski definition) is 3. The van der Waals surface area contributed by atoms with Crippen LogP contribution >= 0.6 is 11.6 Å². The summed E-state index contributed by atoms with van der Waals surface area (Å²) in [4.78, 5) is 11.3. The molecule has 1 N–H and O–H groups in total. The minimum Gasteiger partial charge on any atom is -0.465 e. The molecule has 6 heteroatoms. The Bertz CT molecular complexity index is 677. The van der Waals surface area contributed by atoms with E-state index in [-0.39, 0.29) is 17.8 Å². The number of nitrogens with one attached hydrogen (secondary N) is 1. The Morgan fingerprint density at radius 1 is 1.19 bits per heavy atom. The third kappa shape index (κ3) is 3.70. The van der Waals surface area contributed by atoms with Gasteiger partial charge in [0.05, 0.1) is 18.4 Å². The molecule has 0 aliphatic heterocycles. The van der Waals surface area contributed by atoms with Crippen LogP contribution in [0.25, 0.3) is 0 Å². The largest absolute Gasteiger partial charge is 0.465 e. The number of hydrogen-bond donors (Lipinski definition) is 1. The highest BCUT2D eigenvalue weighted by atomic mass is 35.5. The van der Waals surface area contributed by atoms with E-state index in [9.17, 15) is 13.6 Å². The second-order valence-corrected chi connectivity index (χ2v) is 4.72. The van der Waals surface area contributed by atoms with E-state index in [1.54, 1.807) is 12.1 Å². The van der Waals surface area contributed by atoms with E-state index in [2.05, 4.69) is 10.1 Å². The van der Waals surface area contributed by atoms with Crippen LogP contribution in [-0.4, -0.2) is 13.1 Å². The van der Waals surface area contributed by atoms with E-state index in [0.717, 1.165) is 0 Å². The van der Waals surface area contributed by atoms with Crippen molar-refractivity contribution in [2.45, 2.75) is 6.54 Å². The number of rotatable bonds is 4. The Balaban J connectivity index is 2.10. The molecule has 0 aliphatic carbocycles. The van der Waals surface area contributed by atoms with Gasteiger partial charge in [0, 0.05) is 11.6 Å². The minimum atomic E-state index is -0.740. The van der Waals surface area contributed by atoms with Crippen molar-refractivity contribution in [3.8, 4) is 0 Å². The van der Waals surface area contributed by atoms with E-state index >= 15 is 0 Å². The lowest BCUT2D eigenvalue weighted by Gasteiger charge is -2.09. The van der Waals surface area contributed by atoms with Crippen LogP contribution in [0.2, 0.25) is 5.02 Å². The molecule has 2 aromatic carbocycles. The molecule has 0 radical (unpaired) electrons. The molecule has 0 saturated heterocycles. The van der Waals surface area contributed by atoms with Gasteiger partial charge in [0.15, 0.2) is 0 Å². The van der Waals surface area contributed by atoms with Crippen molar-refractivity contribution in [2.75, 3.05) is 12.4 Å². The molecule has 0 unspecified atom stereocenters. The highest BCUT2D eigenvalue weighted by Crippen LogP contribution is 2.20. The summed E-state index contributed by atoms with van der Waals surface area (Å²) in [5, 5.41) is 3.13. The first-order valence-corrected chi connectivity index (χ1v) is 6.44. The maximum Gasteiger partial charge on any atom is 0.340 e. The van der Waals surface area contributed by atoms with Crippen LogP contribution in [0.1, 0.15) is 15.9 Å². The van der Waals surface area contributed by atoms with Crippen molar-refractivity contribution in [3.05, 3.63) is 64.2 Å². The molecule has 0 aliphatic rings. The number of esters is 1. The normalized spacial score (nSPS) is 10.3. The second-order valence-electron chi connectivity index (χ2n) is 4.28. The lowest BCUT2D eigenvalue weighted by molar-refractivity contribution is 0.0595. The van der Waals surface area contributed by atoms with Gasteiger partial charge >= 0.3 is 5.97 Å². The number of halogens is 3. The Morgan fingerprint density at radius 3 is 2.57 bits per heavy atom. The fourth-order valence-electron chi connectivity index (χ4n) is 1.77. The minimum absolute atomic E-state index is 0.140. The fourth-order valence-corrected chi connectivity index (χ4v) is 1.93. The first-order chi connectivity index (χ1) is 10.0. The lowest BCUT2D eigenvalue weighted by atomic mass is 10.1. The van der Waals surface area contributed by atoms with Gasteiger partial charge < -0.3 is 10.1 Å². The van der Waals surface area contributed by atoms with Gasteiger partial charge in [0.2, 0.25) is 0 Å². The summed E-state index contributed by atoms with van der Waals surface area (Å²) in [6.07, 6.45) is 0. The average Bonchev–Trinajstić information content (AvgIpc) is 2.45. The number of carbonyl (C=O) groups excluding carboxylic acids is 1. The zero-order valence-corrected chi connectivity index (χ0v) is 11.9. The summed E-state index contributed by atoms with van der Waals surface area (Å²) in [6.45, 7) is 0.205. The smallest absolute Gasteiger partial charge is 0.340 e. The van der Waals surface area contributed by atoms with Gasteiger partial charge in [-0.1, -0.05) is 17.7 Å². The Labute approximate surface area is 125 Å². The lowest BCUT2D eigenvalue weighted by Crippen LogP contribution is -2.06. The maximum absolute atomic E-state index is 13.7. The Morgan fingerprint density at radius 2 is 1.95 bits per heavy atom. The van der Waals surface area contributed by atoms with Crippen molar-refractivity contribution in [2.24, 2.45) is 0 Å². The summed E-state index contributed by atoms with van der Waals surface area (Å²) in [6, 6.07) is 8.33. The average molecular weight is 312 g/mol. The Kier molecular flexibility index (Phi) is 4.75. The van der Waals surface area contributed by atoms with E-state index < -0.39 is 17.6 Å². The van der Waals surface area contributed by atoms with E-state index in [1.165, 1.54) is 31.4 Å². The molecular formula is C15H12ClF2NO2. The Hall–Kier alpha value is -2.14. The molecule has 0 saturated carbocycles. The molecule has 0 bridgehead atoms. The summed E-state index contributed by atoms with van der Waals surface area (Å²) >= 11 is 5.65. The quantitative estimate of drug-likeness (QED) is 0.867. The zero-order valence-electron chi connectivity index (χ0n) is 11.1. The zero-order chi connectivity index (χ0) is 15.4. The second kappa shape index (κ2) is 6.54. The van der Waals surface area contributed by atoms with Crippen LogP contribution < -0.4 is 5.32 Å². The molecule has 0 atom stereocenters. The molecule has 110 valence electrons. The summed E-state index contributed by atoms with van der Waals surface area (Å²) in [5.74, 6) is -1.91. The van der Waals surface area contributed by atoms with Crippen LogP contribution in [0.4, 0.5) is 14.5 Å². The molecule has 0 heterocycles. The van der Waals surface area contributed by atoms with Crippen LogP contribution in [-0.2, 0) is 11.3 Å². The van der Waals surface area contributed by atoms with E-state index in [4.69, 9.17) is 11.6 Å². The molecule has 2 aromatic rings. The molecule has 0 fully saturated rings. The van der Waals surface area contributed by atoms with Gasteiger partial charge in [-0.05, 0) is 35.9 Å². The van der Waals surface area contributed by atoms with Crippen molar-refractivity contribution in [1.82, 2.24) is 0 Å². The molecular weight excluding hydrogens is 300 g/mol. The molecule has 0 aromatic heterocycles. The van der Waals surface area contributed by atoms with Crippen LogP contribution in [0, 0.1) is 11.6 Å². The van der Waals surface area contributed by atoms with Gasteiger partial charge in [-0.3, -0.25) is 0 Å². The standard InChI is InChI=1S/C15H12ClF2NO2/c1-21-15(20)11-4-2-9(6-12(11)17)8-19-14-5-3-10(16)7-13(14)18/h2-7,19H,8H2,1H3. The topological polar surface area (TPSA) is 38.3 Å². The maximum atomic E-state index is 13.7. The molecule has 21 heavy (non-hydrogen) atoms. The van der Waals surface area contributed by atoms with Gasteiger partial charge in [0.25, 0.3) is 0 Å². The fraction of sp³-hybridized carbons (Fsp3) is 0.133. The third-order valence-electron chi connectivity index (χ3n) is 2.85. The predicted molar refractivity (Wildman–Crippen MR) is 76.5 cm³/mol. The van der Waals surface area contributed by atoms with Crippen molar-refractivity contribution in [1.29, 1.82) is 0 Å². The summed E-state index contributed by atoms with van der Waals surface area (Å²) in [7, 11) is 1.18. The van der Waals surface area contributed by atoms with Crippen LogP contribution in [0.3, 0.4) is 0 Å². The molecule has 0 spiro atoms. The summed E-state index contributed by atoms with van der Waals surface area (Å²) < 4.78 is 31.7. The summed E-state index contributed by atoms with van der Waals surface area (Å²) in [5.41, 5.74) is 0.685. The third-order valence-corrected chi connectivity index (χ3v) is 3.09. The van der Waals surface area contributed by atoms with Gasteiger partial charge in [-0.2, -0.15) is 0 Å². The number of benzene rings is 2. The number of ether oxygens (including phenoxy) is 1. The highest BCUT2D eigenvalue weighted by Gasteiger charge is 2.12. The van der Waals surface area contributed by atoms with Crippen molar-refractivity contribution < 1.29 is 18.3 Å². The monoisotopic (exact) mass is 311 g/mol. The van der Waals surface area contributed by atoms with Gasteiger partial charge in [0.1, 0.15) is 11.6 Å². The molecule has 3 nitrogen and oxygen atoms in total. The highest BCUT2D eigenvalue weighted by molar-refractivity contribution is 6.30. The molecule has 0 amide bonds. The van der Waals surface area contributed by atoms with Crippen LogP contribution in [0.5, 0.6) is 0 Å². The van der Waals surface area contributed by atoms with Gasteiger partial charge in [-0.15, -0.1) is 0 Å².